The van der Waals surface area contributed by atoms with Gasteiger partial charge in [-0.1, -0.05) is 42.5 Å². The van der Waals surface area contributed by atoms with Crippen molar-refractivity contribution in [3.8, 4) is 0 Å². The van der Waals surface area contributed by atoms with E-state index in [0.29, 0.717) is 0 Å². The predicted molar refractivity (Wildman–Crippen MR) is 80.7 cm³/mol. The normalized spacial score (nSPS) is 10.1. The first-order chi connectivity index (χ1) is 9.45. The average Bonchev–Trinajstić information content (AvgIpc) is 2.51. The summed E-state index contributed by atoms with van der Waals surface area (Å²) in [6, 6.07) is 22.6. The molecule has 0 N–H and O–H groups in total. The first-order valence-electron chi connectivity index (χ1n) is 6.12. The number of nitrogens with zero attached hydrogens (tertiary/aromatic N) is 2. The summed E-state index contributed by atoms with van der Waals surface area (Å²) in [6.45, 7) is 0. The second-order valence-electron chi connectivity index (χ2n) is 4.05. The van der Waals surface area contributed by atoms with Crippen LogP contribution in [-0.4, -0.2) is 9.97 Å². The molecule has 0 unspecified atom stereocenters. The van der Waals surface area contributed by atoms with Crippen LogP contribution in [0.5, 0.6) is 0 Å². The fraction of sp³-hybridized carbons (Fsp3) is 0. The zero-order valence-electron chi connectivity index (χ0n) is 10.7. The average molecular weight is 456 g/mol. The third-order valence-electron chi connectivity index (χ3n) is 2.77. The number of hydrogen-bond donors (Lipinski definition) is 0. The van der Waals surface area contributed by atoms with Crippen LogP contribution in [0.3, 0.4) is 0 Å². The van der Waals surface area contributed by atoms with E-state index in [1.54, 1.807) is 0 Å². The molecule has 0 spiro atoms. The largest absolute Gasteiger partial charge is 0.256 e. The number of hydrogen-bond acceptors (Lipinski definition) is 2. The number of rotatable bonds is 3. The zero-order chi connectivity index (χ0) is 12.9. The molecule has 0 bridgehead atoms. The molecule has 0 saturated heterocycles. The molecule has 2 aromatic heterocycles. The second-order valence-corrected chi connectivity index (χ2v) is 6.15. The van der Waals surface area contributed by atoms with Crippen molar-refractivity contribution in [1.29, 1.82) is 0 Å². The Morgan fingerprint density at radius 3 is 1.55 bits per heavy atom. The summed E-state index contributed by atoms with van der Waals surface area (Å²) >= 11 is 0. The molecule has 3 aromatic rings. The van der Waals surface area contributed by atoms with Gasteiger partial charge < -0.3 is 0 Å². The summed E-state index contributed by atoms with van der Waals surface area (Å²) in [5.74, 6) is 0. The van der Waals surface area contributed by atoms with E-state index in [1.807, 2.05) is 42.7 Å². The maximum Gasteiger partial charge on any atom is 0.0737 e. The van der Waals surface area contributed by atoms with Crippen LogP contribution in [0.25, 0.3) is 0 Å². The molecule has 2 nitrogen and oxygen atoms in total. The molecule has 20 heavy (non-hydrogen) atoms. The van der Waals surface area contributed by atoms with Crippen molar-refractivity contribution in [3.63, 3.8) is 0 Å². The van der Waals surface area contributed by atoms with Crippen LogP contribution in [0.15, 0.2) is 79.1 Å². The molecule has 4 heteroatoms. The van der Waals surface area contributed by atoms with E-state index >= 15 is 0 Å². The standard InChI is InChI=1S/C16H13N2P.Ir/c1-2-8-14(9-3-1)19(15-10-4-6-12-17-15)16-11-5-7-13-18-16;/h1-13H;. The van der Waals surface area contributed by atoms with Crippen molar-refractivity contribution in [2.24, 2.45) is 0 Å². The van der Waals surface area contributed by atoms with Crippen LogP contribution in [-0.2, 0) is 20.1 Å². The third kappa shape index (κ3) is 3.37. The van der Waals surface area contributed by atoms with Crippen molar-refractivity contribution < 1.29 is 20.1 Å². The minimum Gasteiger partial charge on any atom is -0.256 e. The fourth-order valence-corrected chi connectivity index (χ4v) is 4.00. The van der Waals surface area contributed by atoms with Gasteiger partial charge in [0, 0.05) is 40.4 Å². The first kappa shape index (κ1) is 15.0. The summed E-state index contributed by atoms with van der Waals surface area (Å²) in [6.07, 6.45) is 3.69. The maximum atomic E-state index is 4.52. The third-order valence-corrected chi connectivity index (χ3v) is 5.03. The number of pyridine rings is 2. The Labute approximate surface area is 133 Å². The fourth-order valence-electron chi connectivity index (χ4n) is 1.93. The second kappa shape index (κ2) is 7.40. The van der Waals surface area contributed by atoms with Crippen LogP contribution >= 0.6 is 7.92 Å². The van der Waals surface area contributed by atoms with Crippen LogP contribution in [0.2, 0.25) is 0 Å². The SMILES string of the molecule is [Ir].c1ccc(P(c2ccccn2)c2ccccn2)cc1. The van der Waals surface area contributed by atoms with E-state index in [-0.39, 0.29) is 20.1 Å². The van der Waals surface area contributed by atoms with Gasteiger partial charge in [-0.25, -0.2) is 0 Å². The van der Waals surface area contributed by atoms with Crippen LogP contribution in [0.1, 0.15) is 0 Å². The van der Waals surface area contributed by atoms with Gasteiger partial charge in [-0.15, -0.1) is 0 Å². The number of aromatic nitrogens is 2. The molecule has 0 fully saturated rings. The summed E-state index contributed by atoms with van der Waals surface area (Å²) in [5.41, 5.74) is 2.17. The Balaban J connectivity index is 0.00000147. The van der Waals surface area contributed by atoms with Gasteiger partial charge in [0.15, 0.2) is 0 Å². The Morgan fingerprint density at radius 1 is 0.600 bits per heavy atom. The summed E-state index contributed by atoms with van der Waals surface area (Å²) < 4.78 is 0. The smallest absolute Gasteiger partial charge is 0.0737 e. The maximum absolute atomic E-state index is 4.52. The van der Waals surface area contributed by atoms with Crippen LogP contribution < -0.4 is 16.2 Å². The van der Waals surface area contributed by atoms with Gasteiger partial charge in [0.05, 0.1) is 10.9 Å². The molecule has 3 rings (SSSR count). The summed E-state index contributed by atoms with van der Waals surface area (Å²) in [5, 5.41) is 1.27. The zero-order valence-corrected chi connectivity index (χ0v) is 14.0. The molecule has 1 radical (unpaired) electrons. The van der Waals surface area contributed by atoms with Gasteiger partial charge in [-0.05, 0) is 29.6 Å². The molecule has 0 aliphatic rings. The molecule has 101 valence electrons. The van der Waals surface area contributed by atoms with Crippen molar-refractivity contribution in [1.82, 2.24) is 9.97 Å². The van der Waals surface area contributed by atoms with Gasteiger partial charge in [-0.3, -0.25) is 9.97 Å². The minimum atomic E-state index is -0.668. The molecular formula is C16H13IrN2P. The van der Waals surface area contributed by atoms with Gasteiger partial charge in [0.25, 0.3) is 0 Å². The summed E-state index contributed by atoms with van der Waals surface area (Å²) in [7, 11) is -0.668. The van der Waals surface area contributed by atoms with Crippen molar-refractivity contribution >= 4 is 24.1 Å². The Bertz CT molecular complexity index is 539. The van der Waals surface area contributed by atoms with Crippen LogP contribution in [0.4, 0.5) is 0 Å². The predicted octanol–water partition coefficient (Wildman–Crippen LogP) is 2.23. The van der Waals surface area contributed by atoms with E-state index < -0.39 is 7.92 Å². The van der Waals surface area contributed by atoms with E-state index in [4.69, 9.17) is 0 Å². The molecule has 2 heterocycles. The topological polar surface area (TPSA) is 25.8 Å². The molecule has 0 aliphatic heterocycles. The monoisotopic (exact) mass is 457 g/mol. The molecule has 1 aromatic carbocycles. The van der Waals surface area contributed by atoms with E-state index in [9.17, 15) is 0 Å². The van der Waals surface area contributed by atoms with Gasteiger partial charge >= 0.3 is 0 Å². The van der Waals surface area contributed by atoms with Crippen molar-refractivity contribution in [2.45, 2.75) is 0 Å². The van der Waals surface area contributed by atoms with Crippen LogP contribution in [0, 0.1) is 0 Å². The minimum absolute atomic E-state index is 0. The van der Waals surface area contributed by atoms with E-state index in [1.165, 1.54) is 5.30 Å². The van der Waals surface area contributed by atoms with Crippen molar-refractivity contribution in [3.05, 3.63) is 79.1 Å². The number of benzene rings is 1. The molecular weight excluding hydrogens is 443 g/mol. The molecule has 0 atom stereocenters. The van der Waals surface area contributed by atoms with Crippen molar-refractivity contribution in [2.75, 3.05) is 0 Å². The molecule has 0 saturated carbocycles. The van der Waals surface area contributed by atoms with Gasteiger partial charge in [0.1, 0.15) is 0 Å². The van der Waals surface area contributed by atoms with E-state index in [2.05, 4.69) is 46.4 Å². The Morgan fingerprint density at radius 2 is 1.10 bits per heavy atom. The Kier molecular flexibility index (Phi) is 5.55. The quantitative estimate of drug-likeness (QED) is 0.565. The van der Waals surface area contributed by atoms with Gasteiger partial charge in [-0.2, -0.15) is 0 Å². The van der Waals surface area contributed by atoms with Gasteiger partial charge in [0.2, 0.25) is 0 Å². The molecule has 0 amide bonds. The molecule has 0 aliphatic carbocycles. The first-order valence-corrected chi connectivity index (χ1v) is 7.46. The van der Waals surface area contributed by atoms with E-state index in [0.717, 1.165) is 10.9 Å². The Hall–Kier alpha value is -1.40. The summed E-state index contributed by atoms with van der Waals surface area (Å²) in [4.78, 5) is 9.04.